The summed E-state index contributed by atoms with van der Waals surface area (Å²) in [6, 6.07) is 8.05. The van der Waals surface area contributed by atoms with Crippen LogP contribution in [0.25, 0.3) is 0 Å². The maximum atomic E-state index is 11.5. The van der Waals surface area contributed by atoms with Crippen molar-refractivity contribution in [1.82, 2.24) is 10.6 Å². The molecule has 1 atom stereocenters. The Bertz CT molecular complexity index is 379. The third-order valence-corrected chi connectivity index (χ3v) is 2.69. The fourth-order valence-corrected chi connectivity index (χ4v) is 1.72. The molecule has 0 aromatic heterocycles. The van der Waals surface area contributed by atoms with E-state index in [1.54, 1.807) is 0 Å². The molecule has 18 heavy (non-hydrogen) atoms. The number of urea groups is 1. The number of nitrogens with one attached hydrogen (secondary N) is 3. The van der Waals surface area contributed by atoms with Crippen molar-refractivity contribution < 1.29 is 4.79 Å². The average molecular weight is 249 g/mol. The molecule has 0 bridgehead atoms. The molecule has 0 spiro atoms. The molecule has 3 N–H and O–H groups in total. The van der Waals surface area contributed by atoms with E-state index in [4.69, 9.17) is 0 Å². The van der Waals surface area contributed by atoms with Crippen LogP contribution in [0.15, 0.2) is 24.3 Å². The van der Waals surface area contributed by atoms with Crippen LogP contribution in [-0.2, 0) is 0 Å². The molecule has 0 aliphatic rings. The van der Waals surface area contributed by atoms with Gasteiger partial charge in [-0.2, -0.15) is 0 Å². The number of hydrogen-bond donors (Lipinski definition) is 3. The highest BCUT2D eigenvalue weighted by atomic mass is 16.2. The maximum Gasteiger partial charge on any atom is 0.319 e. The minimum absolute atomic E-state index is 0.148. The largest absolute Gasteiger partial charge is 0.338 e. The monoisotopic (exact) mass is 249 g/mol. The van der Waals surface area contributed by atoms with Crippen molar-refractivity contribution in [2.45, 2.75) is 33.2 Å². The standard InChI is InChI=1S/C14H23N3O/c1-4-9-16-14(18)17-13-8-6-7-12(10-13)11(3)15-5-2/h6-8,10-11,15H,4-5,9H2,1-3H3,(H2,16,17,18). The maximum absolute atomic E-state index is 11.5. The molecule has 1 rings (SSSR count). The summed E-state index contributed by atoms with van der Waals surface area (Å²) in [5, 5.41) is 8.97. The highest BCUT2D eigenvalue weighted by molar-refractivity contribution is 5.89. The Morgan fingerprint density at radius 2 is 2.11 bits per heavy atom. The molecule has 4 nitrogen and oxygen atoms in total. The number of hydrogen-bond acceptors (Lipinski definition) is 2. The van der Waals surface area contributed by atoms with Crippen LogP contribution in [-0.4, -0.2) is 19.1 Å². The number of rotatable bonds is 6. The van der Waals surface area contributed by atoms with E-state index in [1.165, 1.54) is 5.56 Å². The summed E-state index contributed by atoms with van der Waals surface area (Å²) in [5.41, 5.74) is 2.00. The van der Waals surface area contributed by atoms with Gasteiger partial charge in [-0.1, -0.05) is 26.0 Å². The molecule has 0 radical (unpaired) electrons. The SMILES string of the molecule is CCCNC(=O)Nc1cccc(C(C)NCC)c1. The average Bonchev–Trinajstić information content (AvgIpc) is 2.37. The van der Waals surface area contributed by atoms with Crippen molar-refractivity contribution in [2.75, 3.05) is 18.4 Å². The van der Waals surface area contributed by atoms with Gasteiger partial charge in [-0.15, -0.1) is 0 Å². The molecule has 100 valence electrons. The molecule has 0 aliphatic heterocycles. The summed E-state index contributed by atoms with van der Waals surface area (Å²) >= 11 is 0. The summed E-state index contributed by atoms with van der Waals surface area (Å²) in [7, 11) is 0. The van der Waals surface area contributed by atoms with Crippen LogP contribution in [0.3, 0.4) is 0 Å². The van der Waals surface area contributed by atoms with Gasteiger partial charge in [-0.25, -0.2) is 4.79 Å². The predicted molar refractivity (Wildman–Crippen MR) is 75.8 cm³/mol. The lowest BCUT2D eigenvalue weighted by Crippen LogP contribution is -2.29. The Balaban J connectivity index is 2.61. The molecule has 0 fully saturated rings. The summed E-state index contributed by atoms with van der Waals surface area (Å²) < 4.78 is 0. The first kappa shape index (κ1) is 14.5. The number of anilines is 1. The molecular weight excluding hydrogens is 226 g/mol. The topological polar surface area (TPSA) is 53.2 Å². The molecule has 4 heteroatoms. The molecule has 0 saturated heterocycles. The van der Waals surface area contributed by atoms with Gasteiger partial charge in [-0.05, 0) is 37.6 Å². The summed E-state index contributed by atoms with van der Waals surface area (Å²) in [6.45, 7) is 7.84. The van der Waals surface area contributed by atoms with Gasteiger partial charge >= 0.3 is 6.03 Å². The highest BCUT2D eigenvalue weighted by Gasteiger charge is 2.05. The van der Waals surface area contributed by atoms with Crippen molar-refractivity contribution in [2.24, 2.45) is 0 Å². The van der Waals surface area contributed by atoms with Crippen LogP contribution in [0, 0.1) is 0 Å². The quantitative estimate of drug-likeness (QED) is 0.726. The van der Waals surface area contributed by atoms with Gasteiger partial charge in [0.15, 0.2) is 0 Å². The number of carbonyl (C=O) groups is 1. The lowest BCUT2D eigenvalue weighted by molar-refractivity contribution is 0.252. The van der Waals surface area contributed by atoms with Gasteiger partial charge in [0.25, 0.3) is 0 Å². The fraction of sp³-hybridized carbons (Fsp3) is 0.500. The van der Waals surface area contributed by atoms with E-state index >= 15 is 0 Å². The number of amides is 2. The zero-order chi connectivity index (χ0) is 13.4. The second kappa shape index (κ2) is 7.71. The Labute approximate surface area is 109 Å². The van der Waals surface area contributed by atoms with Crippen LogP contribution >= 0.6 is 0 Å². The predicted octanol–water partition coefficient (Wildman–Crippen LogP) is 2.89. The van der Waals surface area contributed by atoms with Crippen molar-refractivity contribution in [3.8, 4) is 0 Å². The van der Waals surface area contributed by atoms with Crippen LogP contribution in [0.1, 0.15) is 38.8 Å². The smallest absolute Gasteiger partial charge is 0.319 e. The van der Waals surface area contributed by atoms with E-state index < -0.39 is 0 Å². The molecule has 1 aromatic carbocycles. The van der Waals surface area contributed by atoms with Gasteiger partial charge < -0.3 is 16.0 Å². The molecule has 0 saturated carbocycles. The lowest BCUT2D eigenvalue weighted by atomic mass is 10.1. The van der Waals surface area contributed by atoms with E-state index in [-0.39, 0.29) is 12.1 Å². The second-order valence-electron chi connectivity index (χ2n) is 4.29. The normalized spacial score (nSPS) is 11.9. The fourth-order valence-electron chi connectivity index (χ4n) is 1.72. The molecule has 1 aromatic rings. The molecular formula is C14H23N3O. The molecule has 0 heterocycles. The number of carbonyl (C=O) groups excluding carboxylic acids is 1. The number of benzene rings is 1. The Morgan fingerprint density at radius 1 is 1.33 bits per heavy atom. The molecule has 0 aliphatic carbocycles. The van der Waals surface area contributed by atoms with E-state index in [9.17, 15) is 4.79 Å². The highest BCUT2D eigenvalue weighted by Crippen LogP contribution is 2.17. The van der Waals surface area contributed by atoms with Gasteiger partial charge in [0, 0.05) is 18.3 Å². The first-order chi connectivity index (χ1) is 8.67. The minimum Gasteiger partial charge on any atom is -0.338 e. The van der Waals surface area contributed by atoms with Crippen molar-refractivity contribution >= 4 is 11.7 Å². The first-order valence-corrected chi connectivity index (χ1v) is 6.55. The van der Waals surface area contributed by atoms with Gasteiger partial charge in [0.05, 0.1) is 0 Å². The summed E-state index contributed by atoms with van der Waals surface area (Å²) in [5.74, 6) is 0. The minimum atomic E-state index is -0.148. The summed E-state index contributed by atoms with van der Waals surface area (Å²) in [4.78, 5) is 11.5. The molecule has 2 amide bonds. The zero-order valence-corrected chi connectivity index (χ0v) is 11.4. The van der Waals surface area contributed by atoms with Crippen molar-refractivity contribution in [1.29, 1.82) is 0 Å². The van der Waals surface area contributed by atoms with Crippen molar-refractivity contribution in [3.05, 3.63) is 29.8 Å². The third-order valence-electron chi connectivity index (χ3n) is 2.69. The van der Waals surface area contributed by atoms with E-state index in [2.05, 4.69) is 35.9 Å². The van der Waals surface area contributed by atoms with Gasteiger partial charge in [0.2, 0.25) is 0 Å². The van der Waals surface area contributed by atoms with E-state index in [1.807, 2.05) is 25.1 Å². The van der Waals surface area contributed by atoms with Crippen LogP contribution in [0.2, 0.25) is 0 Å². The van der Waals surface area contributed by atoms with Crippen LogP contribution < -0.4 is 16.0 Å². The van der Waals surface area contributed by atoms with Crippen molar-refractivity contribution in [3.63, 3.8) is 0 Å². The first-order valence-electron chi connectivity index (χ1n) is 6.55. The second-order valence-corrected chi connectivity index (χ2v) is 4.29. The molecule has 1 unspecified atom stereocenters. The zero-order valence-electron chi connectivity index (χ0n) is 11.4. The lowest BCUT2D eigenvalue weighted by Gasteiger charge is -2.14. The van der Waals surface area contributed by atoms with Gasteiger partial charge in [-0.3, -0.25) is 0 Å². The van der Waals surface area contributed by atoms with Crippen LogP contribution in [0.4, 0.5) is 10.5 Å². The Kier molecular flexibility index (Phi) is 6.22. The van der Waals surface area contributed by atoms with E-state index in [0.717, 1.165) is 18.7 Å². The van der Waals surface area contributed by atoms with Crippen LogP contribution in [0.5, 0.6) is 0 Å². The van der Waals surface area contributed by atoms with Gasteiger partial charge in [0.1, 0.15) is 0 Å². The van der Waals surface area contributed by atoms with E-state index in [0.29, 0.717) is 6.54 Å². The Morgan fingerprint density at radius 3 is 2.78 bits per heavy atom. The summed E-state index contributed by atoms with van der Waals surface area (Å²) in [6.07, 6.45) is 0.935. The Hall–Kier alpha value is -1.55. The third kappa shape index (κ3) is 4.75.